The monoisotopic (exact) mass is 830 g/mol. The third-order valence-electron chi connectivity index (χ3n) is 7.47. The van der Waals surface area contributed by atoms with Crippen LogP contribution in [0.15, 0.2) is 54.9 Å². The molecule has 13 heteroatoms. The highest BCUT2D eigenvalue weighted by atomic mass is 79.9. The number of benzene rings is 2. The molecule has 2 aromatic heterocycles. The number of pyridine rings is 2. The van der Waals surface area contributed by atoms with E-state index in [2.05, 4.69) is 47.1 Å². The zero-order valence-electron chi connectivity index (χ0n) is 30.8. The summed E-state index contributed by atoms with van der Waals surface area (Å²) in [5.41, 5.74) is 12.1. The van der Waals surface area contributed by atoms with Crippen molar-refractivity contribution < 1.29 is 24.2 Å². The first-order valence-corrected chi connectivity index (χ1v) is 17.9. The van der Waals surface area contributed by atoms with E-state index in [4.69, 9.17) is 20.3 Å². The Morgan fingerprint density at radius 3 is 1.53 bits per heavy atom. The maximum absolute atomic E-state index is 12.6. The third-order valence-corrected chi connectivity index (χ3v) is 8.38. The number of carboxylic acid groups (broad SMARTS) is 1. The van der Waals surface area contributed by atoms with Crippen molar-refractivity contribution in [2.75, 3.05) is 0 Å². The Hall–Kier alpha value is -4.20. The number of carbonyl (C=O) groups is 2. The fourth-order valence-corrected chi connectivity index (χ4v) is 5.89. The standard InChI is InChI=1S/C19H23BrN2O3.C11H13BrO3.C8H12N2O/c1-10(2)25-17-8-14(20)7-15(13(17)5)18(23)21-9-16-11(3)6-12(4)22-19(16)24;1-6(2)15-10-5-8(12)4-9(7(10)3)11(13)14;1-5-3-6(2)10-8(11)7(5)4-9/h6-8,10H,9H2,1-5H3,(H,21,23)(H,22,24);4-6H,1-3H3,(H,13,14);3H,4,9H2,1-2H3,(H,10,11). The molecule has 0 radical (unpaired) electrons. The van der Waals surface area contributed by atoms with E-state index < -0.39 is 5.97 Å². The molecule has 4 aromatic rings. The fourth-order valence-electron chi connectivity index (χ4n) is 5.02. The number of aryl methyl sites for hydroxylation is 4. The van der Waals surface area contributed by atoms with Crippen LogP contribution in [-0.2, 0) is 13.1 Å². The van der Waals surface area contributed by atoms with Crippen LogP contribution in [0.3, 0.4) is 0 Å². The SMILES string of the molecule is Cc1c(OC(C)C)cc(Br)cc1C(=O)O.Cc1cc(C)c(CN)c(=O)[nH]1.Cc1cc(C)c(CNC(=O)c2cc(Br)cc(OC(C)C)c2C)c(=O)[nH]1. The van der Waals surface area contributed by atoms with E-state index >= 15 is 0 Å². The molecule has 0 aliphatic rings. The number of carboxylic acids is 1. The number of aromatic amines is 2. The van der Waals surface area contributed by atoms with Crippen molar-refractivity contribution in [3.05, 3.63) is 122 Å². The molecule has 1 amide bonds. The Balaban J connectivity index is 0.000000293. The van der Waals surface area contributed by atoms with E-state index in [0.29, 0.717) is 44.8 Å². The number of hydrogen-bond acceptors (Lipinski definition) is 7. The van der Waals surface area contributed by atoms with Crippen LogP contribution < -0.4 is 31.6 Å². The first-order valence-electron chi connectivity index (χ1n) is 16.3. The van der Waals surface area contributed by atoms with Crippen LogP contribution >= 0.6 is 31.9 Å². The van der Waals surface area contributed by atoms with Gasteiger partial charge >= 0.3 is 5.97 Å². The van der Waals surface area contributed by atoms with Gasteiger partial charge < -0.3 is 35.6 Å². The van der Waals surface area contributed by atoms with Gasteiger partial charge in [0, 0.05) is 61.2 Å². The predicted octanol–water partition coefficient (Wildman–Crippen LogP) is 7.47. The Labute approximate surface area is 315 Å². The Morgan fingerprint density at radius 1 is 0.725 bits per heavy atom. The van der Waals surface area contributed by atoms with Gasteiger partial charge in [-0.05, 0) is 117 Å². The van der Waals surface area contributed by atoms with Crippen molar-refractivity contribution in [1.82, 2.24) is 15.3 Å². The Bertz CT molecular complexity index is 1980. The number of carbonyl (C=O) groups excluding carboxylic acids is 1. The van der Waals surface area contributed by atoms with Crippen LogP contribution in [0.4, 0.5) is 0 Å². The van der Waals surface area contributed by atoms with E-state index in [1.165, 1.54) is 0 Å². The summed E-state index contributed by atoms with van der Waals surface area (Å²) in [6.45, 7) is 19.2. The second-order valence-corrected chi connectivity index (χ2v) is 14.4. The third kappa shape index (κ3) is 12.8. The molecule has 0 saturated carbocycles. The highest BCUT2D eigenvalue weighted by Gasteiger charge is 2.17. The van der Waals surface area contributed by atoms with E-state index in [0.717, 1.165) is 32.6 Å². The van der Waals surface area contributed by atoms with Crippen LogP contribution in [0.5, 0.6) is 11.5 Å². The minimum absolute atomic E-state index is 0.0117. The van der Waals surface area contributed by atoms with E-state index in [1.807, 2.05) is 80.5 Å². The van der Waals surface area contributed by atoms with Gasteiger partial charge in [-0.15, -0.1) is 0 Å². The van der Waals surface area contributed by atoms with Gasteiger partial charge in [-0.2, -0.15) is 0 Å². The number of nitrogens with one attached hydrogen (secondary N) is 3. The first kappa shape index (κ1) is 43.0. The van der Waals surface area contributed by atoms with Crippen molar-refractivity contribution in [3.63, 3.8) is 0 Å². The molecule has 0 aliphatic carbocycles. The van der Waals surface area contributed by atoms with Crippen LogP contribution in [0.2, 0.25) is 0 Å². The van der Waals surface area contributed by atoms with Gasteiger partial charge in [-0.1, -0.05) is 31.9 Å². The molecule has 0 unspecified atom stereocenters. The summed E-state index contributed by atoms with van der Waals surface area (Å²) >= 11 is 6.68. The Morgan fingerprint density at radius 2 is 1.14 bits per heavy atom. The normalized spacial score (nSPS) is 10.6. The van der Waals surface area contributed by atoms with Crippen molar-refractivity contribution in [1.29, 1.82) is 0 Å². The molecule has 0 spiro atoms. The number of hydrogen-bond donors (Lipinski definition) is 5. The molecular weight excluding hydrogens is 784 g/mol. The smallest absolute Gasteiger partial charge is 0.336 e. The predicted molar refractivity (Wildman–Crippen MR) is 208 cm³/mol. The van der Waals surface area contributed by atoms with E-state index in [9.17, 15) is 19.2 Å². The molecule has 4 rings (SSSR count). The fraction of sp³-hybridized carbons (Fsp3) is 0.368. The lowest BCUT2D eigenvalue weighted by Crippen LogP contribution is -2.28. The minimum atomic E-state index is -0.942. The second-order valence-electron chi connectivity index (χ2n) is 12.6. The van der Waals surface area contributed by atoms with E-state index in [-0.39, 0.29) is 41.3 Å². The zero-order valence-corrected chi connectivity index (χ0v) is 33.9. The highest BCUT2D eigenvalue weighted by molar-refractivity contribution is 9.10. The molecule has 2 aromatic carbocycles. The van der Waals surface area contributed by atoms with Crippen molar-refractivity contribution in [2.24, 2.45) is 5.73 Å². The van der Waals surface area contributed by atoms with E-state index in [1.54, 1.807) is 25.1 Å². The summed E-state index contributed by atoms with van der Waals surface area (Å²) in [5.74, 6) is 0.0878. The molecular formula is C38H48Br2N4O7. The molecule has 0 saturated heterocycles. The first-order chi connectivity index (χ1) is 23.7. The van der Waals surface area contributed by atoms with Crippen molar-refractivity contribution in [2.45, 2.75) is 94.5 Å². The van der Waals surface area contributed by atoms with Gasteiger partial charge in [0.2, 0.25) is 0 Å². The molecule has 51 heavy (non-hydrogen) atoms. The lowest BCUT2D eigenvalue weighted by molar-refractivity contribution is 0.0694. The van der Waals surface area contributed by atoms with Gasteiger partial charge in [0.05, 0.1) is 17.8 Å². The van der Waals surface area contributed by atoms with Gasteiger partial charge in [0.1, 0.15) is 11.5 Å². The van der Waals surface area contributed by atoms with Crippen LogP contribution in [0.25, 0.3) is 0 Å². The van der Waals surface area contributed by atoms with Crippen LogP contribution in [-0.4, -0.2) is 39.2 Å². The minimum Gasteiger partial charge on any atom is -0.491 e. The summed E-state index contributed by atoms with van der Waals surface area (Å²) in [6.07, 6.45) is 0.0392. The number of aromatic nitrogens is 2. The van der Waals surface area contributed by atoms with Crippen molar-refractivity contribution >= 4 is 43.7 Å². The summed E-state index contributed by atoms with van der Waals surface area (Å²) in [6, 6.07) is 10.8. The maximum atomic E-state index is 12.6. The van der Waals surface area contributed by atoms with Crippen LogP contribution in [0.1, 0.15) is 93.2 Å². The lowest BCUT2D eigenvalue weighted by Gasteiger charge is -2.16. The summed E-state index contributed by atoms with van der Waals surface area (Å²) in [5, 5.41) is 11.8. The molecule has 0 bridgehead atoms. The number of amides is 1. The molecule has 276 valence electrons. The average molecular weight is 833 g/mol. The summed E-state index contributed by atoms with van der Waals surface area (Å²) < 4.78 is 12.8. The van der Waals surface area contributed by atoms with Gasteiger partial charge in [0.15, 0.2) is 0 Å². The van der Waals surface area contributed by atoms with Gasteiger partial charge in [-0.3, -0.25) is 14.4 Å². The lowest BCUT2D eigenvalue weighted by atomic mass is 10.1. The quantitative estimate of drug-likeness (QED) is 0.115. The topological polar surface area (TPSA) is 177 Å². The van der Waals surface area contributed by atoms with Crippen molar-refractivity contribution in [3.8, 4) is 11.5 Å². The number of rotatable bonds is 9. The maximum Gasteiger partial charge on any atom is 0.336 e. The largest absolute Gasteiger partial charge is 0.491 e. The molecule has 0 fully saturated rings. The van der Waals surface area contributed by atoms with Crippen LogP contribution in [0, 0.1) is 41.5 Å². The molecule has 0 atom stereocenters. The number of nitrogens with two attached hydrogens (primary N) is 1. The zero-order chi connectivity index (χ0) is 38.7. The summed E-state index contributed by atoms with van der Waals surface area (Å²) in [7, 11) is 0. The number of ether oxygens (including phenoxy) is 2. The number of aromatic carboxylic acids is 1. The average Bonchev–Trinajstić information content (AvgIpc) is 2.99. The number of halogens is 2. The molecule has 2 heterocycles. The highest BCUT2D eigenvalue weighted by Crippen LogP contribution is 2.29. The van der Waals surface area contributed by atoms with Gasteiger partial charge in [-0.25, -0.2) is 4.79 Å². The van der Waals surface area contributed by atoms with Gasteiger partial charge in [0.25, 0.3) is 17.0 Å². The molecule has 6 N–H and O–H groups in total. The molecule has 0 aliphatic heterocycles. The molecule has 11 nitrogen and oxygen atoms in total. The Kier molecular flexibility index (Phi) is 16.4. The number of H-pyrrole nitrogens is 2. The summed E-state index contributed by atoms with van der Waals surface area (Å²) in [4.78, 5) is 52.2. The second kappa shape index (κ2) is 19.4.